The minimum Gasteiger partial charge on any atom is -0.481 e. The number of nitrogens with zero attached hydrogens (tertiary/aromatic N) is 3. The molecule has 1 aromatic carbocycles. The highest BCUT2D eigenvalue weighted by atomic mass is 35.5. The van der Waals surface area contributed by atoms with Crippen LogP contribution in [0.25, 0.3) is 0 Å². The van der Waals surface area contributed by atoms with Crippen molar-refractivity contribution in [3.8, 4) is 5.75 Å². The first-order valence-electron chi connectivity index (χ1n) is 5.59. The largest absolute Gasteiger partial charge is 0.481 e. The van der Waals surface area contributed by atoms with Crippen molar-refractivity contribution in [2.75, 3.05) is 11.5 Å². The van der Waals surface area contributed by atoms with Gasteiger partial charge in [-0.1, -0.05) is 11.6 Å². The van der Waals surface area contributed by atoms with Gasteiger partial charge in [0.15, 0.2) is 11.4 Å². The van der Waals surface area contributed by atoms with Gasteiger partial charge in [0.2, 0.25) is 5.95 Å². The van der Waals surface area contributed by atoms with Crippen LogP contribution in [-0.4, -0.2) is 15.2 Å². The molecule has 0 fully saturated rings. The van der Waals surface area contributed by atoms with E-state index in [2.05, 4.69) is 15.2 Å². The molecule has 0 bridgehead atoms. The van der Waals surface area contributed by atoms with Crippen molar-refractivity contribution in [3.63, 3.8) is 0 Å². The highest BCUT2D eigenvalue weighted by molar-refractivity contribution is 6.30. The first-order chi connectivity index (χ1) is 8.88. The van der Waals surface area contributed by atoms with Gasteiger partial charge >= 0.3 is 0 Å². The van der Waals surface area contributed by atoms with E-state index in [1.165, 1.54) is 0 Å². The molecule has 0 unspecified atom stereocenters. The Morgan fingerprint density at radius 1 is 1.11 bits per heavy atom. The monoisotopic (exact) mass is 279 g/mol. The first-order valence-corrected chi connectivity index (χ1v) is 5.97. The second-order valence-corrected chi connectivity index (χ2v) is 4.91. The molecule has 1 aromatic heterocycles. The molecule has 0 saturated carbocycles. The number of rotatable bonds is 3. The van der Waals surface area contributed by atoms with Gasteiger partial charge in [-0.3, -0.25) is 0 Å². The van der Waals surface area contributed by atoms with Gasteiger partial charge in [-0.2, -0.15) is 4.98 Å². The van der Waals surface area contributed by atoms with Crippen LogP contribution in [0.5, 0.6) is 5.75 Å². The molecule has 0 saturated heterocycles. The summed E-state index contributed by atoms with van der Waals surface area (Å²) in [6, 6.07) is 7.00. The average Bonchev–Trinajstić information content (AvgIpc) is 2.31. The second-order valence-electron chi connectivity index (χ2n) is 4.47. The van der Waals surface area contributed by atoms with Crippen molar-refractivity contribution in [2.24, 2.45) is 0 Å². The van der Waals surface area contributed by atoms with Gasteiger partial charge in [0.05, 0.1) is 0 Å². The van der Waals surface area contributed by atoms with E-state index < -0.39 is 5.60 Å². The van der Waals surface area contributed by atoms with E-state index in [1.54, 1.807) is 24.3 Å². The summed E-state index contributed by atoms with van der Waals surface area (Å²) in [5.74, 6) is 0.877. The van der Waals surface area contributed by atoms with Gasteiger partial charge in [0, 0.05) is 5.02 Å². The lowest BCUT2D eigenvalue weighted by Gasteiger charge is -2.26. The van der Waals surface area contributed by atoms with Crippen LogP contribution in [0, 0.1) is 0 Å². The molecule has 0 amide bonds. The van der Waals surface area contributed by atoms with Crippen molar-refractivity contribution < 1.29 is 4.74 Å². The fourth-order valence-electron chi connectivity index (χ4n) is 1.63. The molecule has 4 N–H and O–H groups in total. The van der Waals surface area contributed by atoms with Crippen LogP contribution in [0.4, 0.5) is 11.8 Å². The number of nitrogen functional groups attached to an aromatic ring is 2. The molecule has 6 nitrogen and oxygen atoms in total. The van der Waals surface area contributed by atoms with Crippen LogP contribution < -0.4 is 16.2 Å². The van der Waals surface area contributed by atoms with Gasteiger partial charge < -0.3 is 16.2 Å². The van der Waals surface area contributed by atoms with E-state index in [0.717, 1.165) is 0 Å². The summed E-state index contributed by atoms with van der Waals surface area (Å²) in [6.07, 6.45) is 0. The lowest BCUT2D eigenvalue weighted by molar-refractivity contribution is 0.103. The number of hydrogen-bond acceptors (Lipinski definition) is 6. The molecular formula is C12H14ClN5O. The predicted molar refractivity (Wildman–Crippen MR) is 73.8 cm³/mol. The number of nitrogens with two attached hydrogens (primary N) is 2. The Morgan fingerprint density at radius 2 is 1.74 bits per heavy atom. The van der Waals surface area contributed by atoms with E-state index in [9.17, 15) is 0 Å². The van der Waals surface area contributed by atoms with Crippen molar-refractivity contribution in [3.05, 3.63) is 35.0 Å². The molecule has 7 heteroatoms. The minimum absolute atomic E-state index is 0.0311. The summed E-state index contributed by atoms with van der Waals surface area (Å²) in [5, 5.41) is 8.28. The quantitative estimate of drug-likeness (QED) is 0.891. The number of hydrogen-bond donors (Lipinski definition) is 2. The van der Waals surface area contributed by atoms with Crippen LogP contribution in [0.15, 0.2) is 24.3 Å². The molecule has 19 heavy (non-hydrogen) atoms. The summed E-state index contributed by atoms with van der Waals surface area (Å²) < 4.78 is 5.84. The molecule has 0 aliphatic carbocycles. The molecule has 0 aliphatic rings. The molecular weight excluding hydrogens is 266 g/mol. The molecule has 1 heterocycles. The minimum atomic E-state index is -0.786. The molecule has 0 radical (unpaired) electrons. The fraction of sp³-hybridized carbons (Fsp3) is 0.250. The number of anilines is 2. The first kappa shape index (κ1) is 13.4. The molecule has 2 aromatic rings. The number of ether oxygens (including phenoxy) is 1. The maximum atomic E-state index is 5.84. The van der Waals surface area contributed by atoms with E-state index in [0.29, 0.717) is 16.5 Å². The zero-order valence-electron chi connectivity index (χ0n) is 10.6. The normalized spacial score (nSPS) is 11.3. The topological polar surface area (TPSA) is 99.9 Å². The van der Waals surface area contributed by atoms with Crippen molar-refractivity contribution in [2.45, 2.75) is 19.4 Å². The molecule has 2 rings (SSSR count). The fourth-order valence-corrected chi connectivity index (χ4v) is 1.75. The van der Waals surface area contributed by atoms with Crippen LogP contribution >= 0.6 is 11.6 Å². The third kappa shape index (κ3) is 3.03. The molecule has 0 spiro atoms. The summed E-state index contributed by atoms with van der Waals surface area (Å²) in [4.78, 5) is 3.88. The summed E-state index contributed by atoms with van der Waals surface area (Å²) in [6.45, 7) is 3.64. The second kappa shape index (κ2) is 4.89. The molecule has 0 aliphatic heterocycles. The highest BCUT2D eigenvalue weighted by Gasteiger charge is 2.28. The summed E-state index contributed by atoms with van der Waals surface area (Å²) >= 11 is 5.82. The lowest BCUT2D eigenvalue weighted by Crippen LogP contribution is -2.29. The van der Waals surface area contributed by atoms with E-state index in [-0.39, 0.29) is 11.8 Å². The Bertz CT molecular complexity index is 585. The lowest BCUT2D eigenvalue weighted by atomic mass is 10.0. The summed E-state index contributed by atoms with van der Waals surface area (Å²) in [7, 11) is 0. The number of benzene rings is 1. The van der Waals surface area contributed by atoms with Gasteiger partial charge in [-0.05, 0) is 38.1 Å². The Labute approximate surface area is 115 Å². The van der Waals surface area contributed by atoms with Crippen LogP contribution in [-0.2, 0) is 5.60 Å². The van der Waals surface area contributed by atoms with Crippen molar-refractivity contribution in [1.82, 2.24) is 15.2 Å². The highest BCUT2D eigenvalue weighted by Crippen LogP contribution is 2.29. The Hall–Kier alpha value is -2.08. The average molecular weight is 280 g/mol. The third-order valence-corrected chi connectivity index (χ3v) is 2.74. The smallest absolute Gasteiger partial charge is 0.242 e. The number of aromatic nitrogens is 3. The predicted octanol–water partition coefficient (Wildman–Crippen LogP) is 2.00. The Balaban J connectivity index is 2.29. The SMILES string of the molecule is CC(C)(Oc1ccc(Cl)cc1)c1nnc(N)nc1N. The number of halogens is 1. The van der Waals surface area contributed by atoms with Gasteiger partial charge in [-0.15, -0.1) is 10.2 Å². The van der Waals surface area contributed by atoms with E-state index in [4.69, 9.17) is 27.8 Å². The maximum absolute atomic E-state index is 5.84. The van der Waals surface area contributed by atoms with Gasteiger partial charge in [0.25, 0.3) is 0 Å². The van der Waals surface area contributed by atoms with E-state index >= 15 is 0 Å². The zero-order chi connectivity index (χ0) is 14.0. The van der Waals surface area contributed by atoms with E-state index in [1.807, 2.05) is 13.8 Å². The maximum Gasteiger partial charge on any atom is 0.242 e. The van der Waals surface area contributed by atoms with Gasteiger partial charge in [0.1, 0.15) is 11.4 Å². The third-order valence-electron chi connectivity index (χ3n) is 2.49. The van der Waals surface area contributed by atoms with Crippen molar-refractivity contribution >= 4 is 23.4 Å². The van der Waals surface area contributed by atoms with Crippen LogP contribution in [0.1, 0.15) is 19.5 Å². The molecule has 100 valence electrons. The van der Waals surface area contributed by atoms with Crippen LogP contribution in [0.3, 0.4) is 0 Å². The zero-order valence-corrected chi connectivity index (χ0v) is 11.3. The van der Waals surface area contributed by atoms with Gasteiger partial charge in [-0.25, -0.2) is 0 Å². The standard InChI is InChI=1S/C12H14ClN5O/c1-12(2,9-10(14)16-11(15)18-17-9)19-8-5-3-7(13)4-6-8/h3-6H,1-2H3,(H4,14,15,16,18). The van der Waals surface area contributed by atoms with Crippen molar-refractivity contribution in [1.29, 1.82) is 0 Å². The van der Waals surface area contributed by atoms with Crippen LogP contribution in [0.2, 0.25) is 5.02 Å². The Morgan fingerprint density at radius 3 is 2.32 bits per heavy atom. The summed E-state index contributed by atoms with van der Waals surface area (Å²) in [5.41, 5.74) is 10.9. The molecule has 0 atom stereocenters. The Kier molecular flexibility index (Phi) is 3.44.